The number of alkyl carbamates (subject to hydrolysis) is 1. The molecule has 0 aliphatic carbocycles. The first-order valence-electron chi connectivity index (χ1n) is 10.7. The second kappa shape index (κ2) is 9.72. The second-order valence-corrected chi connectivity index (χ2v) is 9.88. The van der Waals surface area contributed by atoms with Crippen LogP contribution < -0.4 is 5.32 Å². The molecule has 1 aliphatic rings. The molecule has 4 rings (SSSR count). The van der Waals surface area contributed by atoms with Gasteiger partial charge in [-0.1, -0.05) is 60.7 Å². The molecule has 1 heterocycles. The number of amides is 1. The second-order valence-electron chi connectivity index (χ2n) is 7.95. The minimum Gasteiger partial charge on any atom is -0.438 e. The van der Waals surface area contributed by atoms with Gasteiger partial charge in [-0.2, -0.15) is 4.31 Å². The minimum atomic E-state index is -3.78. The maximum atomic E-state index is 13.2. The molecule has 172 valence electrons. The van der Waals surface area contributed by atoms with Crippen LogP contribution >= 0.6 is 0 Å². The van der Waals surface area contributed by atoms with Crippen molar-refractivity contribution in [1.82, 2.24) is 9.62 Å². The van der Waals surface area contributed by atoms with Crippen LogP contribution in [0.5, 0.6) is 0 Å². The minimum absolute atomic E-state index is 0.0395. The molecule has 0 spiro atoms. The molecular formula is C25H25FN2O4S. The van der Waals surface area contributed by atoms with Crippen LogP contribution in [0.25, 0.3) is 0 Å². The zero-order chi connectivity index (χ0) is 23.3. The van der Waals surface area contributed by atoms with Gasteiger partial charge in [-0.3, -0.25) is 0 Å². The van der Waals surface area contributed by atoms with Crippen LogP contribution in [0.15, 0.2) is 89.8 Å². The molecule has 8 heteroatoms. The fourth-order valence-electron chi connectivity index (χ4n) is 4.02. The van der Waals surface area contributed by atoms with Crippen molar-refractivity contribution in [1.29, 1.82) is 0 Å². The SMILES string of the molecule is O=C(NCc1ccccc1)OC1(c2ccccc2)CCN(S(=O)(=O)c2ccc(F)cc2)CC1. The molecule has 0 atom stereocenters. The molecule has 1 saturated heterocycles. The Balaban J connectivity index is 1.49. The fraction of sp³-hybridized carbons (Fsp3) is 0.240. The van der Waals surface area contributed by atoms with E-state index in [9.17, 15) is 17.6 Å². The van der Waals surface area contributed by atoms with Gasteiger partial charge in [0.1, 0.15) is 11.4 Å². The molecule has 0 bridgehead atoms. The van der Waals surface area contributed by atoms with Gasteiger partial charge in [0.25, 0.3) is 0 Å². The number of hydrogen-bond donors (Lipinski definition) is 1. The monoisotopic (exact) mass is 468 g/mol. The summed E-state index contributed by atoms with van der Waals surface area (Å²) in [5, 5.41) is 2.78. The first-order chi connectivity index (χ1) is 15.9. The molecule has 3 aromatic carbocycles. The lowest BCUT2D eigenvalue weighted by Gasteiger charge is -2.41. The summed E-state index contributed by atoms with van der Waals surface area (Å²) in [6.45, 7) is 0.663. The van der Waals surface area contributed by atoms with E-state index in [4.69, 9.17) is 4.74 Å². The van der Waals surface area contributed by atoms with Gasteiger partial charge in [0.2, 0.25) is 10.0 Å². The van der Waals surface area contributed by atoms with Crippen molar-refractivity contribution in [2.75, 3.05) is 13.1 Å². The van der Waals surface area contributed by atoms with E-state index in [1.165, 1.54) is 16.4 Å². The van der Waals surface area contributed by atoms with Crippen molar-refractivity contribution in [2.24, 2.45) is 0 Å². The Morgan fingerprint density at radius 1 is 0.909 bits per heavy atom. The molecule has 1 aliphatic heterocycles. The Morgan fingerprint density at radius 3 is 2.09 bits per heavy atom. The predicted molar refractivity (Wildman–Crippen MR) is 122 cm³/mol. The summed E-state index contributed by atoms with van der Waals surface area (Å²) in [4.78, 5) is 12.7. The van der Waals surface area contributed by atoms with E-state index in [1.54, 1.807) is 0 Å². The summed E-state index contributed by atoms with van der Waals surface area (Å²) in [5.74, 6) is -0.495. The van der Waals surface area contributed by atoms with E-state index >= 15 is 0 Å². The number of carbonyl (C=O) groups is 1. The van der Waals surface area contributed by atoms with Gasteiger partial charge in [0.05, 0.1) is 4.90 Å². The predicted octanol–water partition coefficient (Wildman–Crippen LogP) is 4.43. The molecule has 1 N–H and O–H groups in total. The van der Waals surface area contributed by atoms with Gasteiger partial charge in [-0.25, -0.2) is 17.6 Å². The molecule has 3 aromatic rings. The van der Waals surface area contributed by atoms with Crippen LogP contribution in [0.1, 0.15) is 24.0 Å². The Kier molecular flexibility index (Phi) is 6.76. The molecule has 1 amide bonds. The van der Waals surface area contributed by atoms with Gasteiger partial charge < -0.3 is 10.1 Å². The smallest absolute Gasteiger partial charge is 0.408 e. The molecule has 0 unspecified atom stereocenters. The number of benzene rings is 3. The van der Waals surface area contributed by atoms with Crippen molar-refractivity contribution in [2.45, 2.75) is 29.9 Å². The summed E-state index contributed by atoms with van der Waals surface area (Å²) >= 11 is 0. The topological polar surface area (TPSA) is 75.7 Å². The third-order valence-electron chi connectivity index (χ3n) is 5.85. The molecule has 33 heavy (non-hydrogen) atoms. The molecule has 0 aromatic heterocycles. The molecule has 1 fully saturated rings. The first-order valence-corrected chi connectivity index (χ1v) is 12.2. The Labute approximate surface area is 193 Å². The van der Waals surface area contributed by atoms with Crippen LogP contribution in [-0.4, -0.2) is 31.9 Å². The van der Waals surface area contributed by atoms with Gasteiger partial charge >= 0.3 is 6.09 Å². The average Bonchev–Trinajstić information content (AvgIpc) is 2.84. The number of piperidine rings is 1. The number of rotatable bonds is 6. The lowest BCUT2D eigenvalue weighted by molar-refractivity contribution is -0.0279. The molecule has 0 saturated carbocycles. The average molecular weight is 469 g/mol. The summed E-state index contributed by atoms with van der Waals surface area (Å²) in [6.07, 6.45) is 0.0457. The zero-order valence-electron chi connectivity index (χ0n) is 18.0. The number of sulfonamides is 1. The van der Waals surface area contributed by atoms with Crippen molar-refractivity contribution in [3.63, 3.8) is 0 Å². The zero-order valence-corrected chi connectivity index (χ0v) is 18.8. The maximum Gasteiger partial charge on any atom is 0.408 e. The highest BCUT2D eigenvalue weighted by Crippen LogP contribution is 2.38. The number of nitrogens with one attached hydrogen (secondary N) is 1. The number of ether oxygens (including phenoxy) is 1. The van der Waals surface area contributed by atoms with Crippen molar-refractivity contribution in [3.05, 3.63) is 102 Å². The lowest BCUT2D eigenvalue weighted by atomic mass is 9.85. The number of nitrogens with zero attached hydrogens (tertiary/aromatic N) is 1. The fourth-order valence-corrected chi connectivity index (χ4v) is 5.46. The van der Waals surface area contributed by atoms with E-state index in [2.05, 4.69) is 5.32 Å². The summed E-state index contributed by atoms with van der Waals surface area (Å²) in [6, 6.07) is 23.7. The summed E-state index contributed by atoms with van der Waals surface area (Å²) in [5.41, 5.74) is 0.818. The van der Waals surface area contributed by atoms with Crippen LogP contribution in [0.2, 0.25) is 0 Å². The van der Waals surface area contributed by atoms with Gasteiger partial charge in [-0.05, 0) is 35.4 Å². The van der Waals surface area contributed by atoms with Crippen LogP contribution in [0, 0.1) is 5.82 Å². The standard InChI is InChI=1S/C25H25FN2O4S/c26-22-11-13-23(14-12-22)33(30,31)28-17-15-25(16-18-28,21-9-5-2-6-10-21)32-24(29)27-19-20-7-3-1-4-8-20/h1-14H,15-19H2,(H,27,29). The van der Waals surface area contributed by atoms with E-state index in [0.717, 1.165) is 23.3 Å². The quantitative estimate of drug-likeness (QED) is 0.581. The van der Waals surface area contributed by atoms with Gasteiger partial charge in [0.15, 0.2) is 0 Å². The highest BCUT2D eigenvalue weighted by Gasteiger charge is 2.42. The van der Waals surface area contributed by atoms with Gasteiger partial charge in [0, 0.05) is 32.5 Å². The largest absolute Gasteiger partial charge is 0.438 e. The Morgan fingerprint density at radius 2 is 1.48 bits per heavy atom. The van der Waals surface area contributed by atoms with Crippen LogP contribution in [0.4, 0.5) is 9.18 Å². The normalized spacial score (nSPS) is 16.2. The van der Waals surface area contributed by atoms with E-state index in [0.29, 0.717) is 19.4 Å². The van der Waals surface area contributed by atoms with Crippen LogP contribution in [0.3, 0.4) is 0 Å². The molecule has 0 radical (unpaired) electrons. The summed E-state index contributed by atoms with van der Waals surface area (Å²) in [7, 11) is -3.78. The van der Waals surface area contributed by atoms with Crippen molar-refractivity contribution >= 4 is 16.1 Å². The lowest BCUT2D eigenvalue weighted by Crippen LogP contribution is -2.48. The third kappa shape index (κ3) is 5.23. The maximum absolute atomic E-state index is 13.2. The van der Waals surface area contributed by atoms with Crippen LogP contribution in [-0.2, 0) is 26.9 Å². The van der Waals surface area contributed by atoms with E-state index < -0.39 is 27.5 Å². The first kappa shape index (κ1) is 22.9. The van der Waals surface area contributed by atoms with E-state index in [1.807, 2.05) is 60.7 Å². The van der Waals surface area contributed by atoms with Gasteiger partial charge in [-0.15, -0.1) is 0 Å². The number of carbonyl (C=O) groups excluding carboxylic acids is 1. The highest BCUT2D eigenvalue weighted by atomic mass is 32.2. The Bertz CT molecular complexity index is 1180. The Hall–Kier alpha value is -3.23. The highest BCUT2D eigenvalue weighted by molar-refractivity contribution is 7.89. The summed E-state index contributed by atoms with van der Waals surface area (Å²) < 4.78 is 46.6. The van der Waals surface area contributed by atoms with E-state index in [-0.39, 0.29) is 18.0 Å². The third-order valence-corrected chi connectivity index (χ3v) is 7.76. The number of hydrogen-bond acceptors (Lipinski definition) is 4. The van der Waals surface area contributed by atoms with Crippen molar-refractivity contribution in [3.8, 4) is 0 Å². The number of halogens is 1. The molecule has 6 nitrogen and oxygen atoms in total. The van der Waals surface area contributed by atoms with Crippen molar-refractivity contribution < 1.29 is 22.3 Å². The molecular weight excluding hydrogens is 443 g/mol.